The molecule has 0 radical (unpaired) electrons. The van der Waals surface area contributed by atoms with Crippen LogP contribution in [0.1, 0.15) is 11.3 Å². The van der Waals surface area contributed by atoms with Crippen LogP contribution in [0.4, 0.5) is 5.69 Å². The van der Waals surface area contributed by atoms with E-state index in [1.807, 2.05) is 6.07 Å². The maximum Gasteiger partial charge on any atom is 0.230 e. The average molecular weight is 242 g/mol. The Morgan fingerprint density at radius 1 is 1.33 bits per heavy atom. The molecule has 2 aromatic rings. The molecule has 4 nitrogen and oxygen atoms in total. The molecule has 0 spiro atoms. The lowest BCUT2D eigenvalue weighted by molar-refractivity contribution is -0.115. The van der Waals surface area contributed by atoms with Crippen molar-refractivity contribution in [3.05, 3.63) is 53.9 Å². The van der Waals surface area contributed by atoms with Gasteiger partial charge in [-0.2, -0.15) is 0 Å². The number of pyridine rings is 1. The molecule has 0 fully saturated rings. The van der Waals surface area contributed by atoms with Crippen molar-refractivity contribution in [1.82, 2.24) is 4.98 Å². The fourth-order valence-electron chi connectivity index (χ4n) is 1.56. The number of amides is 1. The Kier molecular flexibility index (Phi) is 3.57. The molecule has 92 valence electrons. The van der Waals surface area contributed by atoms with Crippen LogP contribution in [0.15, 0.2) is 42.6 Å². The SMILES string of the molecule is Cc1ccc(NC(=O)Cc2ccccn2)cc1O. The molecule has 0 atom stereocenters. The van der Waals surface area contributed by atoms with Crippen LogP contribution in [0, 0.1) is 6.92 Å². The number of anilines is 1. The highest BCUT2D eigenvalue weighted by Gasteiger charge is 2.05. The first-order valence-electron chi connectivity index (χ1n) is 5.64. The van der Waals surface area contributed by atoms with E-state index in [2.05, 4.69) is 10.3 Å². The van der Waals surface area contributed by atoms with Crippen LogP contribution in [0.3, 0.4) is 0 Å². The third kappa shape index (κ3) is 3.07. The van der Waals surface area contributed by atoms with E-state index in [0.29, 0.717) is 11.4 Å². The Bertz CT molecular complexity index is 553. The van der Waals surface area contributed by atoms with E-state index >= 15 is 0 Å². The van der Waals surface area contributed by atoms with E-state index in [4.69, 9.17) is 0 Å². The van der Waals surface area contributed by atoms with Gasteiger partial charge < -0.3 is 10.4 Å². The number of rotatable bonds is 3. The van der Waals surface area contributed by atoms with Gasteiger partial charge in [0.1, 0.15) is 5.75 Å². The molecule has 2 N–H and O–H groups in total. The number of benzene rings is 1. The third-order valence-corrected chi connectivity index (χ3v) is 2.56. The first kappa shape index (κ1) is 12.1. The van der Waals surface area contributed by atoms with Crippen molar-refractivity contribution in [1.29, 1.82) is 0 Å². The Balaban J connectivity index is 2.01. The predicted octanol–water partition coefficient (Wildman–Crippen LogP) is 2.28. The Hall–Kier alpha value is -2.36. The van der Waals surface area contributed by atoms with Gasteiger partial charge in [-0.3, -0.25) is 9.78 Å². The Morgan fingerprint density at radius 3 is 2.83 bits per heavy atom. The maximum atomic E-state index is 11.7. The molecule has 0 saturated heterocycles. The molecule has 2 rings (SSSR count). The lowest BCUT2D eigenvalue weighted by atomic mass is 10.2. The van der Waals surface area contributed by atoms with Crippen LogP contribution in [0.25, 0.3) is 0 Å². The van der Waals surface area contributed by atoms with Crippen molar-refractivity contribution in [2.24, 2.45) is 0 Å². The molecule has 0 aliphatic carbocycles. The summed E-state index contributed by atoms with van der Waals surface area (Å²) in [4.78, 5) is 15.8. The number of phenols is 1. The van der Waals surface area contributed by atoms with Crippen LogP contribution in [0.5, 0.6) is 5.75 Å². The van der Waals surface area contributed by atoms with Gasteiger partial charge in [-0.05, 0) is 30.7 Å². The normalized spacial score (nSPS) is 10.1. The zero-order chi connectivity index (χ0) is 13.0. The van der Waals surface area contributed by atoms with Gasteiger partial charge in [-0.1, -0.05) is 12.1 Å². The molecule has 18 heavy (non-hydrogen) atoms. The molecule has 1 amide bonds. The van der Waals surface area contributed by atoms with Crippen molar-refractivity contribution >= 4 is 11.6 Å². The minimum absolute atomic E-state index is 0.156. The number of carbonyl (C=O) groups is 1. The van der Waals surface area contributed by atoms with Crippen molar-refractivity contribution in [3.8, 4) is 5.75 Å². The van der Waals surface area contributed by atoms with Crippen LogP contribution < -0.4 is 5.32 Å². The average Bonchev–Trinajstić information content (AvgIpc) is 2.35. The van der Waals surface area contributed by atoms with Gasteiger partial charge in [0.25, 0.3) is 0 Å². The van der Waals surface area contributed by atoms with Gasteiger partial charge in [0.2, 0.25) is 5.91 Å². The number of carbonyl (C=O) groups excluding carboxylic acids is 1. The van der Waals surface area contributed by atoms with Gasteiger partial charge in [0.15, 0.2) is 0 Å². The third-order valence-electron chi connectivity index (χ3n) is 2.56. The van der Waals surface area contributed by atoms with Crippen LogP contribution >= 0.6 is 0 Å². The van der Waals surface area contributed by atoms with E-state index in [9.17, 15) is 9.90 Å². The first-order chi connectivity index (χ1) is 8.65. The van der Waals surface area contributed by atoms with Crippen molar-refractivity contribution < 1.29 is 9.90 Å². The summed E-state index contributed by atoms with van der Waals surface area (Å²) in [5.74, 6) is 0.0163. The second kappa shape index (κ2) is 5.31. The van der Waals surface area contributed by atoms with Gasteiger partial charge in [-0.25, -0.2) is 0 Å². The number of hydrogen-bond donors (Lipinski definition) is 2. The van der Waals surface area contributed by atoms with E-state index in [1.54, 1.807) is 37.4 Å². The van der Waals surface area contributed by atoms with Crippen LogP contribution in [0.2, 0.25) is 0 Å². The van der Waals surface area contributed by atoms with E-state index in [0.717, 1.165) is 5.56 Å². The molecule has 1 heterocycles. The molecule has 4 heteroatoms. The summed E-state index contributed by atoms with van der Waals surface area (Å²) in [6.45, 7) is 1.80. The Morgan fingerprint density at radius 2 is 2.17 bits per heavy atom. The molecular weight excluding hydrogens is 228 g/mol. The summed E-state index contributed by atoms with van der Waals surface area (Å²) < 4.78 is 0. The standard InChI is InChI=1S/C14H14N2O2/c1-10-5-6-12(8-13(10)17)16-14(18)9-11-4-2-3-7-15-11/h2-8,17H,9H2,1H3,(H,16,18). The molecule has 0 aliphatic heterocycles. The van der Waals surface area contributed by atoms with Crippen molar-refractivity contribution in [3.63, 3.8) is 0 Å². The highest BCUT2D eigenvalue weighted by Crippen LogP contribution is 2.20. The van der Waals surface area contributed by atoms with E-state index < -0.39 is 0 Å². The molecule has 1 aromatic carbocycles. The second-order valence-electron chi connectivity index (χ2n) is 4.05. The molecule has 0 unspecified atom stereocenters. The number of nitrogens with zero attached hydrogens (tertiary/aromatic N) is 1. The fourth-order valence-corrected chi connectivity index (χ4v) is 1.56. The smallest absolute Gasteiger partial charge is 0.230 e. The monoisotopic (exact) mass is 242 g/mol. The highest BCUT2D eigenvalue weighted by atomic mass is 16.3. The van der Waals surface area contributed by atoms with Gasteiger partial charge >= 0.3 is 0 Å². The lowest BCUT2D eigenvalue weighted by Crippen LogP contribution is -2.14. The molecule has 0 bridgehead atoms. The predicted molar refractivity (Wildman–Crippen MR) is 69.4 cm³/mol. The van der Waals surface area contributed by atoms with Crippen LogP contribution in [-0.4, -0.2) is 16.0 Å². The molecular formula is C14H14N2O2. The number of phenolic OH excluding ortho intramolecular Hbond substituents is 1. The summed E-state index contributed by atoms with van der Waals surface area (Å²) in [6.07, 6.45) is 1.87. The van der Waals surface area contributed by atoms with Gasteiger partial charge in [0, 0.05) is 23.6 Å². The summed E-state index contributed by atoms with van der Waals surface area (Å²) in [5, 5.41) is 12.3. The number of hydrogen-bond acceptors (Lipinski definition) is 3. The van der Waals surface area contributed by atoms with Crippen LogP contribution in [-0.2, 0) is 11.2 Å². The highest BCUT2D eigenvalue weighted by molar-refractivity contribution is 5.92. The largest absolute Gasteiger partial charge is 0.508 e. The zero-order valence-electron chi connectivity index (χ0n) is 10.1. The minimum Gasteiger partial charge on any atom is -0.508 e. The summed E-state index contributed by atoms with van der Waals surface area (Å²) >= 11 is 0. The lowest BCUT2D eigenvalue weighted by Gasteiger charge is -2.06. The fraction of sp³-hybridized carbons (Fsp3) is 0.143. The van der Waals surface area contributed by atoms with Crippen molar-refractivity contribution in [2.75, 3.05) is 5.32 Å². The maximum absolute atomic E-state index is 11.7. The van der Waals surface area contributed by atoms with Crippen molar-refractivity contribution in [2.45, 2.75) is 13.3 Å². The zero-order valence-corrected chi connectivity index (χ0v) is 10.1. The summed E-state index contributed by atoms with van der Waals surface area (Å²) in [6, 6.07) is 10.5. The second-order valence-corrected chi connectivity index (χ2v) is 4.05. The topological polar surface area (TPSA) is 62.2 Å². The minimum atomic E-state index is -0.156. The molecule has 1 aromatic heterocycles. The summed E-state index contributed by atoms with van der Waals surface area (Å²) in [7, 11) is 0. The number of aromatic hydroxyl groups is 1. The van der Waals surface area contributed by atoms with Gasteiger partial charge in [-0.15, -0.1) is 0 Å². The quantitative estimate of drug-likeness (QED) is 0.868. The first-order valence-corrected chi connectivity index (χ1v) is 5.64. The molecule has 0 saturated carbocycles. The number of nitrogens with one attached hydrogen (secondary N) is 1. The van der Waals surface area contributed by atoms with E-state index in [1.165, 1.54) is 6.07 Å². The molecule has 0 aliphatic rings. The summed E-state index contributed by atoms with van der Waals surface area (Å²) in [5.41, 5.74) is 2.07. The van der Waals surface area contributed by atoms with E-state index in [-0.39, 0.29) is 18.1 Å². The Labute approximate surface area is 105 Å². The number of aromatic nitrogens is 1. The van der Waals surface area contributed by atoms with Gasteiger partial charge in [0.05, 0.1) is 6.42 Å². The number of aryl methyl sites for hydroxylation is 1.